The van der Waals surface area contributed by atoms with Gasteiger partial charge >= 0.3 is 0 Å². The van der Waals surface area contributed by atoms with Crippen molar-refractivity contribution >= 4 is 5.91 Å². The highest BCUT2D eigenvalue weighted by Gasteiger charge is 2.56. The Morgan fingerprint density at radius 1 is 1.44 bits per heavy atom. The molecule has 0 bridgehead atoms. The van der Waals surface area contributed by atoms with Crippen LogP contribution in [-0.2, 0) is 9.53 Å². The van der Waals surface area contributed by atoms with Crippen molar-refractivity contribution in [3.05, 3.63) is 0 Å². The molecule has 0 heterocycles. The van der Waals surface area contributed by atoms with E-state index >= 15 is 0 Å². The second-order valence-electron chi connectivity index (χ2n) is 5.68. The predicted octanol–water partition coefficient (Wildman–Crippen LogP) is 1.45. The number of likely N-dealkylation sites (N-methyl/N-ethyl adjacent to an activating group) is 1. The third-order valence-electron chi connectivity index (χ3n) is 4.78. The molecule has 3 atom stereocenters. The minimum absolute atomic E-state index is 0.0722. The molecule has 2 aliphatic carbocycles. The molecule has 1 spiro atoms. The Morgan fingerprint density at radius 2 is 2.11 bits per heavy atom. The van der Waals surface area contributed by atoms with Gasteiger partial charge in [-0.1, -0.05) is 12.8 Å². The van der Waals surface area contributed by atoms with Crippen molar-refractivity contribution in [2.75, 3.05) is 13.7 Å². The van der Waals surface area contributed by atoms with Gasteiger partial charge in [-0.3, -0.25) is 4.79 Å². The summed E-state index contributed by atoms with van der Waals surface area (Å²) in [6, 6.07) is 0.337. The van der Waals surface area contributed by atoms with Crippen LogP contribution in [0.25, 0.3) is 0 Å². The lowest BCUT2D eigenvalue weighted by molar-refractivity contribution is -0.138. The zero-order valence-corrected chi connectivity index (χ0v) is 11.8. The van der Waals surface area contributed by atoms with Gasteiger partial charge in [0.1, 0.15) is 0 Å². The standard InChI is InChI=1S/C14H26N2O2/c1-4-18-12-9-11(14(12)7-5-6-8-14)16-10(2)13(17)15-3/h10-12,16H,4-9H2,1-3H3,(H,15,17). The van der Waals surface area contributed by atoms with Crippen LogP contribution in [0.3, 0.4) is 0 Å². The highest BCUT2D eigenvalue weighted by Crippen LogP contribution is 2.54. The van der Waals surface area contributed by atoms with Gasteiger partial charge in [0.2, 0.25) is 5.91 Å². The van der Waals surface area contributed by atoms with E-state index in [0.717, 1.165) is 13.0 Å². The summed E-state index contributed by atoms with van der Waals surface area (Å²) in [5, 5.41) is 6.20. The fraction of sp³-hybridized carbons (Fsp3) is 0.929. The molecule has 0 aromatic carbocycles. The number of carbonyl (C=O) groups excluding carboxylic acids is 1. The summed E-state index contributed by atoms with van der Waals surface area (Å²) in [5.41, 5.74) is 0.304. The third kappa shape index (κ3) is 2.28. The Hall–Kier alpha value is -0.610. The van der Waals surface area contributed by atoms with Gasteiger partial charge < -0.3 is 15.4 Å². The maximum absolute atomic E-state index is 11.6. The summed E-state index contributed by atoms with van der Waals surface area (Å²) in [4.78, 5) is 11.6. The number of hydrogen-bond donors (Lipinski definition) is 2. The largest absolute Gasteiger partial charge is 0.378 e. The van der Waals surface area contributed by atoms with E-state index in [2.05, 4.69) is 17.6 Å². The molecule has 0 aliphatic heterocycles. The molecule has 2 fully saturated rings. The molecule has 0 radical (unpaired) electrons. The molecule has 4 heteroatoms. The van der Waals surface area contributed by atoms with Gasteiger partial charge in [-0.25, -0.2) is 0 Å². The van der Waals surface area contributed by atoms with E-state index in [9.17, 15) is 4.79 Å². The maximum atomic E-state index is 11.6. The Morgan fingerprint density at radius 3 is 2.67 bits per heavy atom. The zero-order chi connectivity index (χ0) is 13.2. The average Bonchev–Trinajstić information content (AvgIpc) is 2.88. The molecular weight excluding hydrogens is 228 g/mol. The van der Waals surface area contributed by atoms with E-state index in [0.29, 0.717) is 17.6 Å². The van der Waals surface area contributed by atoms with Crippen LogP contribution in [0.1, 0.15) is 46.0 Å². The van der Waals surface area contributed by atoms with E-state index < -0.39 is 0 Å². The minimum atomic E-state index is -0.111. The zero-order valence-electron chi connectivity index (χ0n) is 11.8. The second-order valence-corrected chi connectivity index (χ2v) is 5.68. The van der Waals surface area contributed by atoms with E-state index in [4.69, 9.17) is 4.74 Å². The fourth-order valence-electron chi connectivity index (χ4n) is 3.71. The van der Waals surface area contributed by atoms with E-state index in [-0.39, 0.29) is 11.9 Å². The first-order valence-corrected chi connectivity index (χ1v) is 7.23. The van der Waals surface area contributed by atoms with Gasteiger partial charge in [-0.05, 0) is 33.1 Å². The molecule has 4 nitrogen and oxygen atoms in total. The Kier molecular flexibility index (Phi) is 4.28. The monoisotopic (exact) mass is 254 g/mol. The summed E-state index contributed by atoms with van der Waals surface area (Å²) >= 11 is 0. The van der Waals surface area contributed by atoms with Crippen LogP contribution < -0.4 is 10.6 Å². The van der Waals surface area contributed by atoms with Crippen LogP contribution in [0.15, 0.2) is 0 Å². The number of ether oxygens (including phenoxy) is 1. The summed E-state index contributed by atoms with van der Waals surface area (Å²) < 4.78 is 5.87. The highest BCUT2D eigenvalue weighted by molar-refractivity contribution is 5.81. The minimum Gasteiger partial charge on any atom is -0.378 e. The second kappa shape index (κ2) is 5.57. The molecule has 18 heavy (non-hydrogen) atoms. The average molecular weight is 254 g/mol. The van der Waals surface area contributed by atoms with Crippen LogP contribution in [0.5, 0.6) is 0 Å². The van der Waals surface area contributed by atoms with Gasteiger partial charge in [0.25, 0.3) is 0 Å². The topological polar surface area (TPSA) is 50.4 Å². The van der Waals surface area contributed by atoms with Crippen molar-refractivity contribution in [2.24, 2.45) is 5.41 Å². The van der Waals surface area contributed by atoms with E-state index in [1.165, 1.54) is 25.7 Å². The first-order valence-electron chi connectivity index (χ1n) is 7.23. The quantitative estimate of drug-likeness (QED) is 0.780. The molecule has 0 aromatic heterocycles. The number of amides is 1. The van der Waals surface area contributed by atoms with Crippen LogP contribution in [0.4, 0.5) is 0 Å². The number of rotatable bonds is 5. The van der Waals surface area contributed by atoms with Crippen molar-refractivity contribution in [3.63, 3.8) is 0 Å². The van der Waals surface area contributed by atoms with Crippen molar-refractivity contribution in [3.8, 4) is 0 Å². The number of carbonyl (C=O) groups is 1. The Labute approximate surface area is 110 Å². The van der Waals surface area contributed by atoms with Crippen molar-refractivity contribution in [1.29, 1.82) is 0 Å². The van der Waals surface area contributed by atoms with Crippen molar-refractivity contribution in [1.82, 2.24) is 10.6 Å². The van der Waals surface area contributed by atoms with Gasteiger partial charge in [0.05, 0.1) is 12.1 Å². The first-order chi connectivity index (χ1) is 8.64. The molecule has 1 amide bonds. The van der Waals surface area contributed by atoms with Crippen molar-refractivity contribution in [2.45, 2.75) is 64.1 Å². The Bertz CT molecular complexity index is 300. The first kappa shape index (κ1) is 13.8. The van der Waals surface area contributed by atoms with Gasteiger partial charge in [-0.2, -0.15) is 0 Å². The number of nitrogens with one attached hydrogen (secondary N) is 2. The van der Waals surface area contributed by atoms with Gasteiger partial charge in [-0.15, -0.1) is 0 Å². The maximum Gasteiger partial charge on any atom is 0.236 e. The molecule has 0 aromatic rings. The molecule has 2 rings (SSSR count). The number of hydrogen-bond acceptors (Lipinski definition) is 3. The van der Waals surface area contributed by atoms with Crippen LogP contribution in [0.2, 0.25) is 0 Å². The van der Waals surface area contributed by atoms with E-state index in [1.807, 2.05) is 6.92 Å². The normalized spacial score (nSPS) is 31.1. The lowest BCUT2D eigenvalue weighted by Gasteiger charge is -2.54. The highest BCUT2D eigenvalue weighted by atomic mass is 16.5. The van der Waals surface area contributed by atoms with Crippen LogP contribution in [0, 0.1) is 5.41 Å². The summed E-state index contributed by atoms with van der Waals surface area (Å²) in [6.45, 7) is 4.80. The molecule has 2 N–H and O–H groups in total. The predicted molar refractivity (Wildman–Crippen MR) is 71.4 cm³/mol. The molecule has 2 aliphatic rings. The molecule has 0 saturated heterocycles. The molecule has 2 saturated carbocycles. The Balaban J connectivity index is 1.96. The fourth-order valence-corrected chi connectivity index (χ4v) is 3.71. The third-order valence-corrected chi connectivity index (χ3v) is 4.78. The lowest BCUT2D eigenvalue weighted by atomic mass is 9.60. The van der Waals surface area contributed by atoms with Gasteiger partial charge in [0, 0.05) is 25.1 Å². The molecule has 3 unspecified atom stereocenters. The summed E-state index contributed by atoms with van der Waals surface area (Å²) in [5.74, 6) is 0.0722. The molecule has 104 valence electrons. The summed E-state index contributed by atoms with van der Waals surface area (Å²) in [7, 11) is 1.69. The smallest absolute Gasteiger partial charge is 0.236 e. The van der Waals surface area contributed by atoms with E-state index in [1.54, 1.807) is 7.05 Å². The lowest BCUT2D eigenvalue weighted by Crippen LogP contribution is -2.65. The SMILES string of the molecule is CCOC1CC(NC(C)C(=O)NC)C12CCCC2. The van der Waals surface area contributed by atoms with Gasteiger partial charge in [0.15, 0.2) is 0 Å². The van der Waals surface area contributed by atoms with Crippen molar-refractivity contribution < 1.29 is 9.53 Å². The van der Waals surface area contributed by atoms with Crippen LogP contribution in [-0.4, -0.2) is 37.7 Å². The van der Waals surface area contributed by atoms with Crippen LogP contribution >= 0.6 is 0 Å². The summed E-state index contributed by atoms with van der Waals surface area (Å²) in [6.07, 6.45) is 6.55. The molecular formula is C14H26N2O2.